The van der Waals surface area contributed by atoms with Gasteiger partial charge in [0.2, 0.25) is 5.82 Å². The third kappa shape index (κ3) is 2.22. The number of hydrogen-bond donors (Lipinski definition) is 1. The molecule has 0 aliphatic rings. The fourth-order valence-corrected chi connectivity index (χ4v) is 2.55. The van der Waals surface area contributed by atoms with Crippen molar-refractivity contribution in [2.75, 3.05) is 0 Å². The van der Waals surface area contributed by atoms with Gasteiger partial charge in [-0.1, -0.05) is 11.2 Å². The van der Waals surface area contributed by atoms with Crippen LogP contribution in [0.4, 0.5) is 0 Å². The molecule has 0 saturated carbocycles. The molecule has 0 spiro atoms. The molecular weight excluding hydrogens is 294 g/mol. The SMILES string of the molecule is CCn1c(=O)[nH]c2cc(-c3noc(-c4ccccn4)n3)ccc21. The van der Waals surface area contributed by atoms with Crippen LogP contribution in [-0.4, -0.2) is 24.7 Å². The van der Waals surface area contributed by atoms with Gasteiger partial charge in [0.05, 0.1) is 11.0 Å². The summed E-state index contributed by atoms with van der Waals surface area (Å²) in [4.78, 5) is 23.2. The molecule has 3 aromatic heterocycles. The molecule has 0 amide bonds. The molecule has 3 heterocycles. The number of benzene rings is 1. The van der Waals surface area contributed by atoms with Gasteiger partial charge < -0.3 is 9.51 Å². The molecule has 4 rings (SSSR count). The van der Waals surface area contributed by atoms with E-state index in [1.165, 1.54) is 0 Å². The summed E-state index contributed by atoms with van der Waals surface area (Å²) in [5.74, 6) is 0.818. The van der Waals surface area contributed by atoms with Crippen LogP contribution in [0.15, 0.2) is 51.9 Å². The first-order chi connectivity index (χ1) is 11.3. The van der Waals surface area contributed by atoms with Crippen LogP contribution in [0.25, 0.3) is 34.0 Å². The van der Waals surface area contributed by atoms with Gasteiger partial charge in [0.25, 0.3) is 5.89 Å². The highest BCUT2D eigenvalue weighted by atomic mass is 16.5. The van der Waals surface area contributed by atoms with Crippen LogP contribution in [0.5, 0.6) is 0 Å². The lowest BCUT2D eigenvalue weighted by Crippen LogP contribution is -2.14. The van der Waals surface area contributed by atoms with Gasteiger partial charge in [0.15, 0.2) is 0 Å². The second kappa shape index (κ2) is 5.20. The zero-order chi connectivity index (χ0) is 15.8. The van der Waals surface area contributed by atoms with Crippen LogP contribution in [0, 0.1) is 0 Å². The van der Waals surface area contributed by atoms with Crippen molar-refractivity contribution in [3.05, 3.63) is 53.1 Å². The topological polar surface area (TPSA) is 89.6 Å². The van der Waals surface area contributed by atoms with Gasteiger partial charge >= 0.3 is 5.69 Å². The monoisotopic (exact) mass is 307 g/mol. The van der Waals surface area contributed by atoms with Crippen molar-refractivity contribution in [2.45, 2.75) is 13.5 Å². The van der Waals surface area contributed by atoms with E-state index < -0.39 is 0 Å². The Balaban J connectivity index is 1.78. The number of aromatic amines is 1. The predicted molar refractivity (Wildman–Crippen MR) is 84.8 cm³/mol. The lowest BCUT2D eigenvalue weighted by Gasteiger charge is -1.98. The fourth-order valence-electron chi connectivity index (χ4n) is 2.55. The van der Waals surface area contributed by atoms with Crippen LogP contribution in [0.2, 0.25) is 0 Å². The summed E-state index contributed by atoms with van der Waals surface area (Å²) in [5.41, 5.74) is 2.88. The molecule has 0 aliphatic carbocycles. The number of aromatic nitrogens is 5. The molecule has 0 radical (unpaired) electrons. The second-order valence-electron chi connectivity index (χ2n) is 5.04. The predicted octanol–water partition coefficient (Wildman–Crippen LogP) is 2.46. The number of hydrogen-bond acceptors (Lipinski definition) is 5. The maximum absolute atomic E-state index is 11.9. The van der Waals surface area contributed by atoms with Gasteiger partial charge in [-0.2, -0.15) is 4.98 Å². The molecule has 0 atom stereocenters. The number of nitrogens with zero attached hydrogens (tertiary/aromatic N) is 4. The van der Waals surface area contributed by atoms with E-state index in [-0.39, 0.29) is 5.69 Å². The highest BCUT2D eigenvalue weighted by molar-refractivity contribution is 5.80. The minimum atomic E-state index is -0.123. The van der Waals surface area contributed by atoms with Crippen LogP contribution in [0.3, 0.4) is 0 Å². The quantitative estimate of drug-likeness (QED) is 0.628. The molecule has 114 valence electrons. The molecule has 1 aromatic carbocycles. The van der Waals surface area contributed by atoms with Gasteiger partial charge in [0.1, 0.15) is 5.69 Å². The normalized spacial score (nSPS) is 11.2. The molecule has 0 aliphatic heterocycles. The van der Waals surface area contributed by atoms with Gasteiger partial charge in [-0.15, -0.1) is 0 Å². The summed E-state index contributed by atoms with van der Waals surface area (Å²) >= 11 is 0. The van der Waals surface area contributed by atoms with E-state index in [1.807, 2.05) is 37.3 Å². The first-order valence-electron chi connectivity index (χ1n) is 7.24. The molecule has 4 aromatic rings. The Morgan fingerprint density at radius 1 is 1.26 bits per heavy atom. The molecule has 0 fully saturated rings. The van der Waals surface area contributed by atoms with Crippen LogP contribution < -0.4 is 5.69 Å². The van der Waals surface area contributed by atoms with Crippen molar-refractivity contribution in [3.63, 3.8) is 0 Å². The molecule has 1 N–H and O–H groups in total. The van der Waals surface area contributed by atoms with E-state index in [0.29, 0.717) is 24.0 Å². The van der Waals surface area contributed by atoms with Crippen LogP contribution in [-0.2, 0) is 6.54 Å². The Kier molecular flexibility index (Phi) is 3.04. The van der Waals surface area contributed by atoms with E-state index in [0.717, 1.165) is 16.6 Å². The lowest BCUT2D eigenvalue weighted by atomic mass is 10.2. The second-order valence-corrected chi connectivity index (χ2v) is 5.04. The number of imidazole rings is 1. The molecule has 0 unspecified atom stereocenters. The third-order valence-electron chi connectivity index (χ3n) is 3.66. The smallest absolute Gasteiger partial charge is 0.326 e. The number of rotatable bonds is 3. The van der Waals surface area contributed by atoms with Gasteiger partial charge in [0, 0.05) is 18.3 Å². The van der Waals surface area contributed by atoms with Crippen molar-refractivity contribution >= 4 is 11.0 Å². The van der Waals surface area contributed by atoms with E-state index in [1.54, 1.807) is 16.8 Å². The lowest BCUT2D eigenvalue weighted by molar-refractivity contribution is 0.431. The molecular formula is C16H13N5O2. The maximum Gasteiger partial charge on any atom is 0.326 e. The number of H-pyrrole nitrogens is 1. The number of nitrogens with one attached hydrogen (secondary N) is 1. The van der Waals surface area contributed by atoms with Crippen molar-refractivity contribution in [1.29, 1.82) is 0 Å². The number of fused-ring (bicyclic) bond motifs is 1. The fraction of sp³-hybridized carbons (Fsp3) is 0.125. The molecule has 0 saturated heterocycles. The summed E-state index contributed by atoms with van der Waals surface area (Å²) in [7, 11) is 0. The van der Waals surface area contributed by atoms with E-state index in [9.17, 15) is 4.79 Å². The highest BCUT2D eigenvalue weighted by Gasteiger charge is 2.13. The minimum Gasteiger partial charge on any atom is -0.332 e. The average Bonchev–Trinajstić information content (AvgIpc) is 3.18. The first-order valence-corrected chi connectivity index (χ1v) is 7.24. The van der Waals surface area contributed by atoms with Crippen LogP contribution in [0.1, 0.15) is 6.92 Å². The van der Waals surface area contributed by atoms with Gasteiger partial charge in [-0.3, -0.25) is 9.55 Å². The minimum absolute atomic E-state index is 0.123. The molecule has 7 nitrogen and oxygen atoms in total. The van der Waals surface area contributed by atoms with Crippen molar-refractivity contribution < 1.29 is 4.52 Å². The Morgan fingerprint density at radius 2 is 2.17 bits per heavy atom. The van der Waals surface area contributed by atoms with E-state index in [2.05, 4.69) is 20.1 Å². The Labute approximate surface area is 130 Å². The first kappa shape index (κ1) is 13.4. The Hall–Kier alpha value is -3.22. The highest BCUT2D eigenvalue weighted by Crippen LogP contribution is 2.23. The van der Waals surface area contributed by atoms with Gasteiger partial charge in [-0.25, -0.2) is 4.79 Å². The van der Waals surface area contributed by atoms with Crippen molar-refractivity contribution in [2.24, 2.45) is 0 Å². The zero-order valence-electron chi connectivity index (χ0n) is 12.4. The largest absolute Gasteiger partial charge is 0.332 e. The van der Waals surface area contributed by atoms with E-state index >= 15 is 0 Å². The summed E-state index contributed by atoms with van der Waals surface area (Å²) in [6.45, 7) is 2.55. The Bertz CT molecular complexity index is 1030. The van der Waals surface area contributed by atoms with Gasteiger partial charge in [-0.05, 0) is 37.3 Å². The van der Waals surface area contributed by atoms with E-state index in [4.69, 9.17) is 4.52 Å². The average molecular weight is 307 g/mol. The maximum atomic E-state index is 11.9. The molecule has 0 bridgehead atoms. The summed E-state index contributed by atoms with van der Waals surface area (Å²) in [6, 6.07) is 11.1. The summed E-state index contributed by atoms with van der Waals surface area (Å²) < 4.78 is 6.94. The standard InChI is InChI=1S/C16H13N5O2/c1-2-21-13-7-6-10(9-12(13)18-16(21)22)14-19-15(23-20-14)11-5-3-4-8-17-11/h3-9H,2H2,1H3,(H,18,22). The summed E-state index contributed by atoms with van der Waals surface area (Å²) in [6.07, 6.45) is 1.67. The summed E-state index contributed by atoms with van der Waals surface area (Å²) in [5, 5.41) is 3.99. The molecule has 23 heavy (non-hydrogen) atoms. The number of pyridine rings is 1. The Morgan fingerprint density at radius 3 is 2.96 bits per heavy atom. The third-order valence-corrected chi connectivity index (χ3v) is 3.66. The van der Waals surface area contributed by atoms with Crippen molar-refractivity contribution in [1.82, 2.24) is 24.7 Å². The zero-order valence-corrected chi connectivity index (χ0v) is 12.4. The number of aryl methyl sites for hydroxylation is 1. The molecule has 7 heteroatoms. The van der Waals surface area contributed by atoms with Crippen molar-refractivity contribution in [3.8, 4) is 23.0 Å². The van der Waals surface area contributed by atoms with Crippen LogP contribution >= 0.6 is 0 Å².